The largest absolute Gasteiger partial charge is 0.399 e. The minimum absolute atomic E-state index is 0.520. The van der Waals surface area contributed by atoms with Crippen LogP contribution in [0.15, 0.2) is 22.7 Å². The Hall–Kier alpha value is -1.43. The predicted molar refractivity (Wildman–Crippen MR) is 88.5 cm³/mol. The first kappa shape index (κ1) is 15.9. The lowest BCUT2D eigenvalue weighted by Gasteiger charge is -2.24. The van der Waals surface area contributed by atoms with E-state index in [2.05, 4.69) is 59.2 Å². The second-order valence-electron chi connectivity index (χ2n) is 6.08. The number of benzene rings is 1. The molecule has 1 aromatic heterocycles. The summed E-state index contributed by atoms with van der Waals surface area (Å²) in [7, 11) is 0. The molecule has 6 heteroatoms. The van der Waals surface area contributed by atoms with Crippen molar-refractivity contribution in [1.29, 1.82) is 0 Å². The summed E-state index contributed by atoms with van der Waals surface area (Å²) in [5, 5.41) is 12.2. The maximum atomic E-state index is 5.88. The summed E-state index contributed by atoms with van der Waals surface area (Å²) in [6.07, 6.45) is 0. The highest BCUT2D eigenvalue weighted by atomic mass is 79.9. The number of nitrogen functional groups attached to an aromatic ring is 1. The average Bonchev–Trinajstić information content (AvgIpc) is 2.86. The van der Waals surface area contributed by atoms with Crippen LogP contribution in [0.5, 0.6) is 0 Å². The number of rotatable bonds is 5. The number of aromatic nitrogens is 4. The van der Waals surface area contributed by atoms with Crippen molar-refractivity contribution in [3.63, 3.8) is 0 Å². The first-order chi connectivity index (χ1) is 9.90. The minimum atomic E-state index is 0.520. The Morgan fingerprint density at radius 2 is 1.86 bits per heavy atom. The number of nitrogens with zero attached hydrogens (tertiary/aromatic N) is 4. The quantitative estimate of drug-likeness (QED) is 0.835. The molecule has 0 aliphatic carbocycles. The van der Waals surface area contributed by atoms with Gasteiger partial charge in [0.15, 0.2) is 5.82 Å². The zero-order valence-corrected chi connectivity index (χ0v) is 14.5. The summed E-state index contributed by atoms with van der Waals surface area (Å²) in [5.74, 6) is 2.42. The van der Waals surface area contributed by atoms with Crippen molar-refractivity contribution in [2.45, 2.75) is 34.2 Å². The van der Waals surface area contributed by atoms with E-state index in [0.29, 0.717) is 23.4 Å². The third-order valence-corrected chi connectivity index (χ3v) is 4.55. The molecule has 0 atom stereocenters. The molecule has 2 aromatic rings. The molecular formula is C15H22BrN5. The third-order valence-electron chi connectivity index (χ3n) is 3.86. The fourth-order valence-electron chi connectivity index (χ4n) is 2.63. The predicted octanol–water partition coefficient (Wildman–Crippen LogP) is 3.61. The van der Waals surface area contributed by atoms with Crippen molar-refractivity contribution in [3.8, 4) is 11.4 Å². The molecular weight excluding hydrogens is 330 g/mol. The number of tetrazole rings is 1. The fourth-order valence-corrected chi connectivity index (χ4v) is 3.05. The normalized spacial score (nSPS) is 11.8. The molecule has 0 bridgehead atoms. The van der Waals surface area contributed by atoms with Crippen molar-refractivity contribution in [3.05, 3.63) is 22.7 Å². The van der Waals surface area contributed by atoms with Gasteiger partial charge in [0.05, 0.1) is 0 Å². The lowest BCUT2D eigenvalue weighted by molar-refractivity contribution is 0.242. The number of halogens is 1. The summed E-state index contributed by atoms with van der Waals surface area (Å²) >= 11 is 3.55. The minimum Gasteiger partial charge on any atom is -0.399 e. The van der Waals surface area contributed by atoms with Crippen LogP contribution >= 0.6 is 15.9 Å². The molecule has 1 aromatic carbocycles. The van der Waals surface area contributed by atoms with Crippen LogP contribution in [0.25, 0.3) is 11.4 Å². The second-order valence-corrected chi connectivity index (χ2v) is 6.93. The topological polar surface area (TPSA) is 69.6 Å². The Kier molecular flexibility index (Phi) is 4.98. The molecule has 0 radical (unpaired) electrons. The van der Waals surface area contributed by atoms with E-state index in [0.717, 1.165) is 22.4 Å². The molecule has 0 unspecified atom stereocenters. The molecule has 0 amide bonds. The molecule has 1 heterocycles. The molecule has 2 rings (SSSR count). The van der Waals surface area contributed by atoms with Crippen LogP contribution < -0.4 is 5.73 Å². The lowest BCUT2D eigenvalue weighted by atomic mass is 9.85. The van der Waals surface area contributed by atoms with E-state index in [1.54, 1.807) is 0 Å². The zero-order valence-electron chi connectivity index (χ0n) is 12.9. The van der Waals surface area contributed by atoms with E-state index in [4.69, 9.17) is 5.73 Å². The summed E-state index contributed by atoms with van der Waals surface area (Å²) < 4.78 is 2.82. The lowest BCUT2D eigenvalue weighted by Crippen LogP contribution is -2.23. The van der Waals surface area contributed by atoms with Crippen LogP contribution in [-0.2, 0) is 6.54 Å². The second kappa shape index (κ2) is 6.56. The first-order valence-corrected chi connectivity index (χ1v) is 8.01. The molecule has 0 saturated carbocycles. The van der Waals surface area contributed by atoms with Gasteiger partial charge in [0.1, 0.15) is 0 Å². The molecule has 5 nitrogen and oxygen atoms in total. The molecule has 114 valence electrons. The Bertz CT molecular complexity index is 598. The average molecular weight is 352 g/mol. The highest BCUT2D eigenvalue weighted by Crippen LogP contribution is 2.30. The van der Waals surface area contributed by atoms with Gasteiger partial charge < -0.3 is 5.73 Å². The molecule has 0 aliphatic heterocycles. The Labute approximate surface area is 134 Å². The summed E-state index contributed by atoms with van der Waals surface area (Å²) in [4.78, 5) is 0. The molecule has 2 N–H and O–H groups in total. The highest BCUT2D eigenvalue weighted by molar-refractivity contribution is 9.10. The number of hydrogen-bond donors (Lipinski definition) is 1. The van der Waals surface area contributed by atoms with Gasteiger partial charge in [-0.15, -0.1) is 5.10 Å². The van der Waals surface area contributed by atoms with E-state index >= 15 is 0 Å². The van der Waals surface area contributed by atoms with Gasteiger partial charge in [0.2, 0.25) is 0 Å². The fraction of sp³-hybridized carbons (Fsp3) is 0.533. The van der Waals surface area contributed by atoms with Gasteiger partial charge in [-0.05, 0) is 46.4 Å². The van der Waals surface area contributed by atoms with E-state index in [9.17, 15) is 0 Å². The van der Waals surface area contributed by atoms with Crippen molar-refractivity contribution >= 4 is 21.6 Å². The molecule has 0 aliphatic rings. The maximum Gasteiger partial charge on any atom is 0.183 e. The standard InChI is InChI=1S/C15H22BrN5/c1-9(2)13(10(3)4)8-21-15(18-19-20-21)12-7-11(17)5-6-14(12)16/h5-7,9-10,13H,8,17H2,1-4H3. The summed E-state index contributed by atoms with van der Waals surface area (Å²) in [5.41, 5.74) is 7.51. The van der Waals surface area contributed by atoms with Crippen molar-refractivity contribution in [1.82, 2.24) is 20.2 Å². The van der Waals surface area contributed by atoms with E-state index in [-0.39, 0.29) is 0 Å². The van der Waals surface area contributed by atoms with Crippen LogP contribution in [0.4, 0.5) is 5.69 Å². The van der Waals surface area contributed by atoms with Gasteiger partial charge >= 0.3 is 0 Å². The summed E-state index contributed by atoms with van der Waals surface area (Å²) in [6, 6.07) is 5.67. The SMILES string of the molecule is CC(C)C(Cn1nnnc1-c1cc(N)ccc1Br)C(C)C. The monoisotopic (exact) mass is 351 g/mol. The third kappa shape index (κ3) is 3.61. The molecule has 0 spiro atoms. The van der Waals surface area contributed by atoms with Gasteiger partial charge in [-0.25, -0.2) is 4.68 Å². The smallest absolute Gasteiger partial charge is 0.183 e. The van der Waals surface area contributed by atoms with Crippen molar-refractivity contribution < 1.29 is 0 Å². The van der Waals surface area contributed by atoms with Crippen LogP contribution in [0, 0.1) is 17.8 Å². The first-order valence-electron chi connectivity index (χ1n) is 7.21. The zero-order chi connectivity index (χ0) is 15.6. The van der Waals surface area contributed by atoms with Gasteiger partial charge in [-0.3, -0.25) is 0 Å². The molecule has 21 heavy (non-hydrogen) atoms. The number of nitrogens with two attached hydrogens (primary N) is 1. The van der Waals surface area contributed by atoms with Gasteiger partial charge in [-0.1, -0.05) is 43.6 Å². The van der Waals surface area contributed by atoms with Crippen LogP contribution in [0.3, 0.4) is 0 Å². The van der Waals surface area contributed by atoms with Crippen LogP contribution in [-0.4, -0.2) is 20.2 Å². The van der Waals surface area contributed by atoms with Crippen LogP contribution in [0.1, 0.15) is 27.7 Å². The van der Waals surface area contributed by atoms with E-state index in [1.165, 1.54) is 0 Å². The Morgan fingerprint density at radius 1 is 1.19 bits per heavy atom. The Morgan fingerprint density at radius 3 is 2.48 bits per heavy atom. The Balaban J connectivity index is 2.36. The maximum absolute atomic E-state index is 5.88. The van der Waals surface area contributed by atoms with Gasteiger partial charge in [0.25, 0.3) is 0 Å². The van der Waals surface area contributed by atoms with Crippen LogP contribution in [0.2, 0.25) is 0 Å². The van der Waals surface area contributed by atoms with Crippen molar-refractivity contribution in [2.24, 2.45) is 17.8 Å². The van der Waals surface area contributed by atoms with Gasteiger partial charge in [0, 0.05) is 22.3 Å². The molecule has 0 fully saturated rings. The van der Waals surface area contributed by atoms with Gasteiger partial charge in [-0.2, -0.15) is 0 Å². The summed E-state index contributed by atoms with van der Waals surface area (Å²) in [6.45, 7) is 9.77. The highest BCUT2D eigenvalue weighted by Gasteiger charge is 2.21. The van der Waals surface area contributed by atoms with E-state index in [1.807, 2.05) is 22.9 Å². The number of anilines is 1. The van der Waals surface area contributed by atoms with Crippen molar-refractivity contribution in [2.75, 3.05) is 5.73 Å². The molecule has 0 saturated heterocycles. The number of hydrogen-bond acceptors (Lipinski definition) is 4. The van der Waals surface area contributed by atoms with E-state index < -0.39 is 0 Å².